The van der Waals surface area contributed by atoms with Gasteiger partial charge in [0.25, 0.3) is 5.91 Å². The number of carbonyl (C=O) groups excluding carboxylic acids is 1. The Hall–Kier alpha value is -2.51. The summed E-state index contributed by atoms with van der Waals surface area (Å²) in [5.41, 5.74) is 1.54. The number of nitrogens with zero attached hydrogens (tertiary/aromatic N) is 2. The summed E-state index contributed by atoms with van der Waals surface area (Å²) in [4.78, 5) is 19.1. The number of amides is 1. The minimum atomic E-state index is -0.534. The lowest BCUT2D eigenvalue weighted by molar-refractivity contribution is 0.102. The van der Waals surface area contributed by atoms with Gasteiger partial charge in [-0.05, 0) is 30.3 Å². The molecular formula is C18H16FN3O2S. The second-order valence-electron chi connectivity index (χ2n) is 5.71. The van der Waals surface area contributed by atoms with E-state index in [9.17, 15) is 9.18 Å². The van der Waals surface area contributed by atoms with E-state index in [1.165, 1.54) is 12.1 Å². The normalized spacial score (nSPS) is 14.7. The summed E-state index contributed by atoms with van der Waals surface area (Å²) in [7, 11) is 0. The van der Waals surface area contributed by atoms with Gasteiger partial charge < -0.3 is 15.0 Å². The Kier molecular flexibility index (Phi) is 4.33. The summed E-state index contributed by atoms with van der Waals surface area (Å²) in [6.07, 6.45) is 0. The highest BCUT2D eigenvalue weighted by molar-refractivity contribution is 7.22. The fourth-order valence-corrected chi connectivity index (χ4v) is 3.78. The SMILES string of the molecule is O=C(Nc1ccc2nc(N3CCOCC3)sc2c1)c1ccccc1F. The molecule has 0 aliphatic carbocycles. The number of ether oxygens (including phenoxy) is 1. The summed E-state index contributed by atoms with van der Waals surface area (Å²) >= 11 is 1.58. The van der Waals surface area contributed by atoms with Gasteiger partial charge in [-0.3, -0.25) is 4.79 Å². The van der Waals surface area contributed by atoms with Crippen LogP contribution in [0.15, 0.2) is 42.5 Å². The third-order valence-electron chi connectivity index (χ3n) is 4.04. The van der Waals surface area contributed by atoms with Gasteiger partial charge in [0.05, 0.1) is 29.0 Å². The third kappa shape index (κ3) is 3.33. The predicted molar refractivity (Wildman–Crippen MR) is 97.0 cm³/mol. The van der Waals surface area contributed by atoms with E-state index in [2.05, 4.69) is 15.2 Å². The third-order valence-corrected chi connectivity index (χ3v) is 5.11. The molecule has 0 radical (unpaired) electrons. The van der Waals surface area contributed by atoms with Crippen LogP contribution in [0.5, 0.6) is 0 Å². The van der Waals surface area contributed by atoms with Gasteiger partial charge in [-0.1, -0.05) is 23.5 Å². The molecule has 1 saturated heterocycles. The second-order valence-corrected chi connectivity index (χ2v) is 6.72. The van der Waals surface area contributed by atoms with Crippen molar-refractivity contribution in [2.24, 2.45) is 0 Å². The Labute approximate surface area is 148 Å². The average molecular weight is 357 g/mol. The van der Waals surface area contributed by atoms with Crippen molar-refractivity contribution in [1.29, 1.82) is 0 Å². The number of hydrogen-bond donors (Lipinski definition) is 1. The van der Waals surface area contributed by atoms with E-state index >= 15 is 0 Å². The molecule has 0 unspecified atom stereocenters. The van der Waals surface area contributed by atoms with Crippen LogP contribution in [-0.2, 0) is 4.74 Å². The summed E-state index contributed by atoms with van der Waals surface area (Å²) in [6, 6.07) is 11.5. The van der Waals surface area contributed by atoms with Crippen molar-refractivity contribution < 1.29 is 13.9 Å². The van der Waals surface area contributed by atoms with Gasteiger partial charge in [0.15, 0.2) is 5.13 Å². The predicted octanol–water partition coefficient (Wildman–Crippen LogP) is 3.52. The molecule has 2 heterocycles. The van der Waals surface area contributed by atoms with Crippen molar-refractivity contribution in [1.82, 2.24) is 4.98 Å². The molecule has 1 aliphatic heterocycles. The molecular weight excluding hydrogens is 341 g/mol. The molecule has 1 aliphatic rings. The van der Waals surface area contributed by atoms with Crippen LogP contribution in [-0.4, -0.2) is 37.2 Å². The van der Waals surface area contributed by atoms with Gasteiger partial charge >= 0.3 is 0 Å². The van der Waals surface area contributed by atoms with Crippen molar-refractivity contribution in [3.05, 3.63) is 53.8 Å². The first-order valence-corrected chi connectivity index (χ1v) is 8.81. The van der Waals surface area contributed by atoms with Crippen LogP contribution in [0.25, 0.3) is 10.2 Å². The average Bonchev–Trinajstić information content (AvgIpc) is 3.06. The maximum atomic E-state index is 13.7. The minimum absolute atomic E-state index is 0.0286. The molecule has 25 heavy (non-hydrogen) atoms. The molecule has 2 aromatic carbocycles. The fraction of sp³-hybridized carbons (Fsp3) is 0.222. The molecule has 0 atom stereocenters. The van der Waals surface area contributed by atoms with Gasteiger partial charge in [-0.25, -0.2) is 9.37 Å². The van der Waals surface area contributed by atoms with E-state index in [4.69, 9.17) is 4.74 Å². The van der Waals surface area contributed by atoms with Crippen molar-refractivity contribution in [3.8, 4) is 0 Å². The maximum absolute atomic E-state index is 13.7. The van der Waals surface area contributed by atoms with E-state index < -0.39 is 11.7 Å². The van der Waals surface area contributed by atoms with Crippen LogP contribution >= 0.6 is 11.3 Å². The lowest BCUT2D eigenvalue weighted by Crippen LogP contribution is -2.36. The highest BCUT2D eigenvalue weighted by Crippen LogP contribution is 2.31. The minimum Gasteiger partial charge on any atom is -0.378 e. The molecule has 1 N–H and O–H groups in total. The largest absolute Gasteiger partial charge is 0.378 e. The van der Waals surface area contributed by atoms with Gasteiger partial charge in [0.2, 0.25) is 0 Å². The number of aromatic nitrogens is 1. The summed E-state index contributed by atoms with van der Waals surface area (Å²) in [5.74, 6) is -0.996. The summed E-state index contributed by atoms with van der Waals surface area (Å²) in [6.45, 7) is 3.08. The fourth-order valence-electron chi connectivity index (χ4n) is 2.72. The molecule has 1 fully saturated rings. The van der Waals surface area contributed by atoms with E-state index in [1.54, 1.807) is 29.5 Å². The van der Waals surface area contributed by atoms with Gasteiger partial charge in [-0.2, -0.15) is 0 Å². The smallest absolute Gasteiger partial charge is 0.258 e. The Bertz CT molecular complexity index is 922. The van der Waals surface area contributed by atoms with Crippen molar-refractivity contribution in [3.63, 3.8) is 0 Å². The van der Waals surface area contributed by atoms with Crippen LogP contribution in [0.1, 0.15) is 10.4 Å². The highest BCUT2D eigenvalue weighted by Gasteiger charge is 2.16. The Morgan fingerprint density at radius 3 is 2.80 bits per heavy atom. The topological polar surface area (TPSA) is 54.5 Å². The lowest BCUT2D eigenvalue weighted by Gasteiger charge is -2.25. The first-order valence-electron chi connectivity index (χ1n) is 8.00. The molecule has 0 spiro atoms. The molecule has 3 aromatic rings. The number of rotatable bonds is 3. The van der Waals surface area contributed by atoms with Gasteiger partial charge in [0.1, 0.15) is 5.82 Å². The summed E-state index contributed by atoms with van der Waals surface area (Å²) < 4.78 is 20.1. The molecule has 0 saturated carbocycles. The standard InChI is InChI=1S/C18H16FN3O2S/c19-14-4-2-1-3-13(14)17(23)20-12-5-6-15-16(11-12)25-18(21-15)22-7-9-24-10-8-22/h1-6,11H,7-10H2,(H,20,23). The zero-order valence-corrected chi connectivity index (χ0v) is 14.2. The number of benzene rings is 2. The Morgan fingerprint density at radius 1 is 1.20 bits per heavy atom. The molecule has 1 amide bonds. The first kappa shape index (κ1) is 16.0. The van der Waals surface area contributed by atoms with Gasteiger partial charge in [-0.15, -0.1) is 0 Å². The monoisotopic (exact) mass is 357 g/mol. The number of nitrogens with one attached hydrogen (secondary N) is 1. The zero-order chi connectivity index (χ0) is 17.2. The first-order chi connectivity index (χ1) is 12.2. The number of hydrogen-bond acceptors (Lipinski definition) is 5. The van der Waals surface area contributed by atoms with Crippen LogP contribution in [0.2, 0.25) is 0 Å². The van der Waals surface area contributed by atoms with Crippen molar-refractivity contribution in [2.45, 2.75) is 0 Å². The molecule has 5 nitrogen and oxygen atoms in total. The van der Waals surface area contributed by atoms with Crippen LogP contribution in [0.4, 0.5) is 15.2 Å². The van der Waals surface area contributed by atoms with E-state index in [0.717, 1.165) is 28.4 Å². The molecule has 0 bridgehead atoms. The van der Waals surface area contributed by atoms with E-state index in [-0.39, 0.29) is 5.56 Å². The lowest BCUT2D eigenvalue weighted by atomic mass is 10.2. The summed E-state index contributed by atoms with van der Waals surface area (Å²) in [5, 5.41) is 3.70. The number of anilines is 2. The molecule has 7 heteroatoms. The van der Waals surface area contributed by atoms with Gasteiger partial charge in [0, 0.05) is 18.8 Å². The van der Waals surface area contributed by atoms with E-state index in [0.29, 0.717) is 18.9 Å². The number of fused-ring (bicyclic) bond motifs is 1. The van der Waals surface area contributed by atoms with Crippen LogP contribution in [0, 0.1) is 5.82 Å². The van der Waals surface area contributed by atoms with Crippen molar-refractivity contribution in [2.75, 3.05) is 36.5 Å². The molecule has 4 rings (SSSR count). The molecule has 1 aromatic heterocycles. The Morgan fingerprint density at radius 2 is 2.00 bits per heavy atom. The van der Waals surface area contributed by atoms with E-state index in [1.807, 2.05) is 12.1 Å². The maximum Gasteiger partial charge on any atom is 0.258 e. The zero-order valence-electron chi connectivity index (χ0n) is 13.4. The number of carbonyl (C=O) groups is 1. The second kappa shape index (κ2) is 6.78. The number of morpholine rings is 1. The number of thiazole rings is 1. The van der Waals surface area contributed by atoms with Crippen LogP contribution < -0.4 is 10.2 Å². The highest BCUT2D eigenvalue weighted by atomic mass is 32.1. The van der Waals surface area contributed by atoms with Crippen molar-refractivity contribution >= 4 is 38.3 Å². The molecule has 128 valence electrons. The van der Waals surface area contributed by atoms with Crippen LogP contribution in [0.3, 0.4) is 0 Å². The Balaban J connectivity index is 1.56. The number of halogens is 1. The quantitative estimate of drug-likeness (QED) is 0.779.